The highest BCUT2D eigenvalue weighted by Gasteiger charge is 2.16. The van der Waals surface area contributed by atoms with Crippen molar-refractivity contribution >= 4 is 25.7 Å². The van der Waals surface area contributed by atoms with Gasteiger partial charge < -0.3 is 0 Å². The SMILES string of the molecule is O=S(=O)(CCNS(=O)(=O)c1ccccc1)Nc1ccccc1. The molecule has 0 aliphatic rings. The number of anilines is 1. The van der Waals surface area contributed by atoms with Gasteiger partial charge in [-0.05, 0) is 24.3 Å². The van der Waals surface area contributed by atoms with Crippen LogP contribution in [0, 0.1) is 0 Å². The van der Waals surface area contributed by atoms with E-state index in [1.165, 1.54) is 12.1 Å². The summed E-state index contributed by atoms with van der Waals surface area (Å²) in [7, 11) is -7.31. The summed E-state index contributed by atoms with van der Waals surface area (Å²) in [4.78, 5) is 0.100. The molecular formula is C14H16N2O4S2. The van der Waals surface area contributed by atoms with Crippen molar-refractivity contribution in [3.05, 3.63) is 60.7 Å². The number of hydrogen-bond acceptors (Lipinski definition) is 4. The van der Waals surface area contributed by atoms with Crippen molar-refractivity contribution in [2.45, 2.75) is 4.90 Å². The molecular weight excluding hydrogens is 324 g/mol. The molecule has 0 unspecified atom stereocenters. The Morgan fingerprint density at radius 2 is 1.32 bits per heavy atom. The number of rotatable bonds is 7. The minimum absolute atomic E-state index is 0.100. The highest BCUT2D eigenvalue weighted by Crippen LogP contribution is 2.09. The normalized spacial score (nSPS) is 12.0. The first kappa shape index (κ1) is 16.5. The standard InChI is InChI=1S/C14H16N2O4S2/c17-21(18,16-13-7-3-1-4-8-13)12-11-15-22(19,20)14-9-5-2-6-10-14/h1-10,15-16H,11-12H2. The molecule has 2 aromatic rings. The molecule has 0 aliphatic carbocycles. The Morgan fingerprint density at radius 1 is 0.773 bits per heavy atom. The van der Waals surface area contributed by atoms with Gasteiger partial charge in [-0.1, -0.05) is 36.4 Å². The number of hydrogen-bond donors (Lipinski definition) is 2. The number of sulfonamides is 2. The van der Waals surface area contributed by atoms with Crippen LogP contribution in [-0.2, 0) is 20.0 Å². The Balaban J connectivity index is 1.93. The third kappa shape index (κ3) is 4.83. The van der Waals surface area contributed by atoms with Gasteiger partial charge in [0.05, 0.1) is 10.6 Å². The quantitative estimate of drug-likeness (QED) is 0.797. The summed E-state index contributed by atoms with van der Waals surface area (Å²) in [6, 6.07) is 16.2. The summed E-state index contributed by atoms with van der Waals surface area (Å²) >= 11 is 0. The first-order valence-electron chi connectivity index (χ1n) is 6.49. The van der Waals surface area contributed by atoms with Crippen molar-refractivity contribution in [2.24, 2.45) is 0 Å². The molecule has 22 heavy (non-hydrogen) atoms. The average Bonchev–Trinajstić information content (AvgIpc) is 2.48. The van der Waals surface area contributed by atoms with Crippen molar-refractivity contribution in [1.29, 1.82) is 0 Å². The summed E-state index contributed by atoms with van der Waals surface area (Å²) in [6.07, 6.45) is 0. The van der Waals surface area contributed by atoms with Gasteiger partial charge in [-0.2, -0.15) is 0 Å². The molecule has 0 heterocycles. The molecule has 0 bridgehead atoms. The molecule has 0 aromatic heterocycles. The third-order valence-corrected chi connectivity index (χ3v) is 5.53. The first-order valence-corrected chi connectivity index (χ1v) is 9.63. The molecule has 0 saturated heterocycles. The average molecular weight is 340 g/mol. The van der Waals surface area contributed by atoms with Crippen LogP contribution in [0.2, 0.25) is 0 Å². The Kier molecular flexibility index (Phi) is 5.17. The highest BCUT2D eigenvalue weighted by atomic mass is 32.2. The molecule has 2 N–H and O–H groups in total. The van der Waals surface area contributed by atoms with Crippen molar-refractivity contribution in [3.63, 3.8) is 0 Å². The van der Waals surface area contributed by atoms with Gasteiger partial charge >= 0.3 is 0 Å². The lowest BCUT2D eigenvalue weighted by atomic mass is 10.3. The topological polar surface area (TPSA) is 92.3 Å². The predicted octanol–water partition coefficient (Wildman–Crippen LogP) is 1.41. The summed E-state index contributed by atoms with van der Waals surface area (Å²) in [5, 5.41) is 0. The van der Waals surface area contributed by atoms with Gasteiger partial charge in [-0.25, -0.2) is 21.6 Å². The van der Waals surface area contributed by atoms with E-state index >= 15 is 0 Å². The molecule has 2 rings (SSSR count). The number of nitrogens with one attached hydrogen (secondary N) is 2. The van der Waals surface area contributed by atoms with Crippen LogP contribution in [-0.4, -0.2) is 29.1 Å². The van der Waals surface area contributed by atoms with Crippen LogP contribution in [0.1, 0.15) is 0 Å². The van der Waals surface area contributed by atoms with Gasteiger partial charge in [0.2, 0.25) is 20.0 Å². The largest absolute Gasteiger partial charge is 0.284 e. The lowest BCUT2D eigenvalue weighted by molar-refractivity contribution is 0.582. The van der Waals surface area contributed by atoms with Crippen LogP contribution in [0.25, 0.3) is 0 Å². The van der Waals surface area contributed by atoms with Crippen LogP contribution in [0.3, 0.4) is 0 Å². The van der Waals surface area contributed by atoms with Crippen LogP contribution in [0.5, 0.6) is 0 Å². The second-order valence-electron chi connectivity index (χ2n) is 4.50. The van der Waals surface area contributed by atoms with Crippen LogP contribution in [0.15, 0.2) is 65.6 Å². The van der Waals surface area contributed by atoms with E-state index in [9.17, 15) is 16.8 Å². The Morgan fingerprint density at radius 3 is 1.91 bits per heavy atom. The van der Waals surface area contributed by atoms with E-state index in [1.807, 2.05) is 0 Å². The van der Waals surface area contributed by atoms with E-state index in [4.69, 9.17) is 0 Å². The third-order valence-electron chi connectivity index (χ3n) is 2.76. The Bertz CT molecular complexity index is 804. The zero-order valence-electron chi connectivity index (χ0n) is 11.6. The van der Waals surface area contributed by atoms with Gasteiger partial charge in [0.15, 0.2) is 0 Å². The Hall–Kier alpha value is -1.90. The van der Waals surface area contributed by atoms with Crippen LogP contribution < -0.4 is 9.44 Å². The molecule has 0 aliphatic heterocycles. The van der Waals surface area contributed by atoms with E-state index in [0.717, 1.165) is 0 Å². The molecule has 8 heteroatoms. The maximum Gasteiger partial charge on any atom is 0.240 e. The van der Waals surface area contributed by atoms with Crippen molar-refractivity contribution in [1.82, 2.24) is 4.72 Å². The summed E-state index contributed by atoms with van der Waals surface area (Å²) < 4.78 is 52.3. The highest BCUT2D eigenvalue weighted by molar-refractivity contribution is 7.92. The zero-order valence-corrected chi connectivity index (χ0v) is 13.3. The molecule has 0 spiro atoms. The molecule has 0 radical (unpaired) electrons. The fraction of sp³-hybridized carbons (Fsp3) is 0.143. The van der Waals surface area contributed by atoms with E-state index in [0.29, 0.717) is 5.69 Å². The number of para-hydroxylation sites is 1. The lowest BCUT2D eigenvalue weighted by Gasteiger charge is -2.09. The maximum atomic E-state index is 11.9. The van der Waals surface area contributed by atoms with Gasteiger partial charge in [0, 0.05) is 12.2 Å². The van der Waals surface area contributed by atoms with Gasteiger partial charge in [0.1, 0.15) is 0 Å². The van der Waals surface area contributed by atoms with Crippen molar-refractivity contribution in [2.75, 3.05) is 17.0 Å². The van der Waals surface area contributed by atoms with Gasteiger partial charge in [-0.15, -0.1) is 0 Å². The zero-order chi connectivity index (χ0) is 16.1. The minimum Gasteiger partial charge on any atom is -0.284 e. The monoisotopic (exact) mass is 340 g/mol. The fourth-order valence-corrected chi connectivity index (χ4v) is 3.88. The van der Waals surface area contributed by atoms with E-state index in [2.05, 4.69) is 9.44 Å². The van der Waals surface area contributed by atoms with E-state index in [-0.39, 0.29) is 17.2 Å². The fourth-order valence-electron chi connectivity index (χ4n) is 1.73. The minimum atomic E-state index is -3.70. The summed E-state index contributed by atoms with van der Waals surface area (Å²) in [5.41, 5.74) is 0.438. The van der Waals surface area contributed by atoms with Crippen LogP contribution >= 0.6 is 0 Å². The molecule has 0 amide bonds. The Labute approximate surface area is 130 Å². The van der Waals surface area contributed by atoms with Crippen LogP contribution in [0.4, 0.5) is 5.69 Å². The molecule has 0 fully saturated rings. The van der Waals surface area contributed by atoms with Gasteiger partial charge in [-0.3, -0.25) is 4.72 Å². The molecule has 118 valence electrons. The van der Waals surface area contributed by atoms with E-state index < -0.39 is 20.0 Å². The second-order valence-corrected chi connectivity index (χ2v) is 8.11. The molecule has 0 atom stereocenters. The summed E-state index contributed by atoms with van der Waals surface area (Å²) in [5.74, 6) is -0.353. The first-order chi connectivity index (χ1) is 10.4. The second kappa shape index (κ2) is 6.91. The molecule has 0 saturated carbocycles. The molecule has 2 aromatic carbocycles. The van der Waals surface area contributed by atoms with Crippen molar-refractivity contribution < 1.29 is 16.8 Å². The molecule has 6 nitrogen and oxygen atoms in total. The van der Waals surface area contributed by atoms with Gasteiger partial charge in [0.25, 0.3) is 0 Å². The van der Waals surface area contributed by atoms with E-state index in [1.54, 1.807) is 48.5 Å². The smallest absolute Gasteiger partial charge is 0.240 e. The maximum absolute atomic E-state index is 11.9. The van der Waals surface area contributed by atoms with Crippen molar-refractivity contribution in [3.8, 4) is 0 Å². The summed E-state index contributed by atoms with van der Waals surface area (Å²) in [6.45, 7) is -0.209. The predicted molar refractivity (Wildman–Crippen MR) is 85.5 cm³/mol. The number of benzene rings is 2. The lowest BCUT2D eigenvalue weighted by Crippen LogP contribution is -2.31.